The summed E-state index contributed by atoms with van der Waals surface area (Å²) in [7, 11) is -3.78. The Morgan fingerprint density at radius 3 is 2.87 bits per heavy atom. The van der Waals surface area contributed by atoms with Gasteiger partial charge in [0.1, 0.15) is 6.54 Å². The summed E-state index contributed by atoms with van der Waals surface area (Å²) in [6.07, 6.45) is 3.41. The second-order valence-corrected chi connectivity index (χ2v) is 9.11. The molecule has 0 fully saturated rings. The molecule has 2 aromatic carbocycles. The van der Waals surface area contributed by atoms with Crippen molar-refractivity contribution in [3.8, 4) is 11.5 Å². The van der Waals surface area contributed by atoms with Gasteiger partial charge < -0.3 is 19.4 Å². The fraction of sp³-hybridized carbons (Fsp3) is 0.238. The topological polar surface area (TPSA) is 103 Å². The van der Waals surface area contributed by atoms with Crippen LogP contribution >= 0.6 is 0 Å². The van der Waals surface area contributed by atoms with Crippen molar-refractivity contribution >= 4 is 21.6 Å². The van der Waals surface area contributed by atoms with E-state index in [1.54, 1.807) is 12.1 Å². The van der Waals surface area contributed by atoms with E-state index in [2.05, 4.69) is 10.3 Å². The van der Waals surface area contributed by atoms with E-state index in [9.17, 15) is 13.2 Å². The van der Waals surface area contributed by atoms with Crippen molar-refractivity contribution in [3.05, 3.63) is 66.1 Å². The van der Waals surface area contributed by atoms with E-state index in [1.807, 2.05) is 30.3 Å². The first kappa shape index (κ1) is 19.4. The Morgan fingerprint density at radius 1 is 1.13 bits per heavy atom. The minimum Gasteiger partial charge on any atom is -0.454 e. The molecule has 0 spiro atoms. The normalized spacial score (nSPS) is 14.5. The Labute approximate surface area is 179 Å². The molecule has 10 heteroatoms. The molecule has 9 nitrogen and oxygen atoms in total. The minimum absolute atomic E-state index is 0.0380. The molecular weight excluding hydrogens is 420 g/mol. The average molecular weight is 440 g/mol. The number of rotatable bonds is 6. The van der Waals surface area contributed by atoms with Gasteiger partial charge in [-0.05, 0) is 35.7 Å². The molecule has 0 saturated carbocycles. The number of carbonyl (C=O) groups is 1. The summed E-state index contributed by atoms with van der Waals surface area (Å²) in [5.41, 5.74) is 2.55. The van der Waals surface area contributed by atoms with Crippen LogP contribution in [0.1, 0.15) is 11.1 Å². The zero-order chi connectivity index (χ0) is 21.4. The third-order valence-corrected chi connectivity index (χ3v) is 6.96. The number of nitrogens with one attached hydrogen (secondary N) is 1. The molecule has 1 amide bonds. The van der Waals surface area contributed by atoms with Crippen LogP contribution in [-0.4, -0.2) is 37.2 Å². The first-order chi connectivity index (χ1) is 15.0. The zero-order valence-corrected chi connectivity index (χ0v) is 17.3. The highest BCUT2D eigenvalue weighted by Gasteiger charge is 2.32. The van der Waals surface area contributed by atoms with Crippen LogP contribution in [0, 0.1) is 0 Å². The summed E-state index contributed by atoms with van der Waals surface area (Å²) in [5.74, 6) is 1.08. The van der Waals surface area contributed by atoms with Gasteiger partial charge in [-0.25, -0.2) is 4.98 Å². The number of fused-ring (bicyclic) bond motifs is 2. The van der Waals surface area contributed by atoms with Crippen molar-refractivity contribution in [3.63, 3.8) is 0 Å². The van der Waals surface area contributed by atoms with E-state index >= 15 is 0 Å². The van der Waals surface area contributed by atoms with Crippen molar-refractivity contribution in [1.82, 2.24) is 14.9 Å². The van der Waals surface area contributed by atoms with Gasteiger partial charge in [0.15, 0.2) is 16.5 Å². The van der Waals surface area contributed by atoms with Crippen LogP contribution in [0.3, 0.4) is 0 Å². The second-order valence-electron chi connectivity index (χ2n) is 7.30. The molecule has 0 radical (unpaired) electrons. The second kappa shape index (κ2) is 7.62. The number of aromatic nitrogens is 2. The van der Waals surface area contributed by atoms with Gasteiger partial charge in [-0.1, -0.05) is 24.3 Å². The summed E-state index contributed by atoms with van der Waals surface area (Å²) in [4.78, 5) is 16.4. The number of benzene rings is 2. The molecule has 0 unspecified atom stereocenters. The Balaban J connectivity index is 1.23. The van der Waals surface area contributed by atoms with Crippen molar-refractivity contribution in [1.29, 1.82) is 0 Å². The lowest BCUT2D eigenvalue weighted by molar-refractivity contribution is -0.121. The van der Waals surface area contributed by atoms with Gasteiger partial charge in [-0.2, -0.15) is 8.42 Å². The molecule has 160 valence electrons. The number of amides is 1. The zero-order valence-electron chi connectivity index (χ0n) is 16.5. The summed E-state index contributed by atoms with van der Waals surface area (Å²) < 4.78 is 39.5. The number of imidazole rings is 1. The van der Waals surface area contributed by atoms with Gasteiger partial charge in [-0.15, -0.1) is 0 Å². The fourth-order valence-corrected chi connectivity index (χ4v) is 5.15. The van der Waals surface area contributed by atoms with Crippen LogP contribution in [0.2, 0.25) is 0 Å². The first-order valence-electron chi connectivity index (χ1n) is 9.78. The maximum absolute atomic E-state index is 13.0. The molecule has 2 aliphatic rings. The molecular formula is C21H20N4O5S. The molecule has 0 bridgehead atoms. The lowest BCUT2D eigenvalue weighted by Crippen LogP contribution is -2.29. The number of ether oxygens (including phenoxy) is 2. The molecule has 0 aliphatic carbocycles. The Hall–Kier alpha value is -3.53. The van der Waals surface area contributed by atoms with Crippen LogP contribution in [0.15, 0.2) is 60.0 Å². The van der Waals surface area contributed by atoms with Gasteiger partial charge in [0.05, 0.1) is 12.0 Å². The number of hydrogen-bond donors (Lipinski definition) is 1. The molecule has 0 saturated heterocycles. The Kier molecular flexibility index (Phi) is 4.78. The summed E-state index contributed by atoms with van der Waals surface area (Å²) >= 11 is 0. The number of sulfonamides is 1. The van der Waals surface area contributed by atoms with Crippen molar-refractivity contribution in [2.45, 2.75) is 24.5 Å². The largest absolute Gasteiger partial charge is 0.454 e. The summed E-state index contributed by atoms with van der Waals surface area (Å²) in [6.45, 7) is 0.855. The molecule has 1 N–H and O–H groups in total. The highest BCUT2D eigenvalue weighted by atomic mass is 32.2. The number of anilines is 1. The fourth-order valence-electron chi connectivity index (χ4n) is 3.70. The van der Waals surface area contributed by atoms with Gasteiger partial charge in [0.2, 0.25) is 12.7 Å². The van der Waals surface area contributed by atoms with Crippen molar-refractivity contribution in [2.24, 2.45) is 0 Å². The van der Waals surface area contributed by atoms with Crippen molar-refractivity contribution in [2.75, 3.05) is 17.6 Å². The van der Waals surface area contributed by atoms with E-state index in [0.717, 1.165) is 11.1 Å². The molecule has 1 aromatic heterocycles. The smallest absolute Gasteiger partial charge is 0.283 e. The molecule has 3 aromatic rings. The molecule has 3 heterocycles. The van der Waals surface area contributed by atoms with Gasteiger partial charge in [0.25, 0.3) is 10.0 Å². The van der Waals surface area contributed by atoms with E-state index in [1.165, 1.54) is 21.4 Å². The quantitative estimate of drug-likeness (QED) is 0.626. The van der Waals surface area contributed by atoms with Crippen LogP contribution in [0.25, 0.3) is 0 Å². The number of hydrogen-bond acceptors (Lipinski definition) is 6. The SMILES string of the molecule is O=C(Cn1cnc(S(=O)(=O)N2CCc3ccccc32)c1)NCc1ccc2c(c1)OCO2. The lowest BCUT2D eigenvalue weighted by atomic mass is 10.2. The van der Waals surface area contributed by atoms with Gasteiger partial charge in [0, 0.05) is 19.3 Å². The Morgan fingerprint density at radius 2 is 1.97 bits per heavy atom. The first-order valence-corrected chi connectivity index (χ1v) is 11.2. The molecule has 2 aliphatic heterocycles. The standard InChI is InChI=1S/C21H20N4O5S/c26-20(22-10-15-5-6-18-19(9-15)30-14-29-18)11-24-12-21(23-13-24)31(27,28)25-8-7-16-3-1-2-4-17(16)25/h1-6,9,12-13H,7-8,10-11,14H2,(H,22,26). The van der Waals surface area contributed by atoms with Crippen LogP contribution < -0.4 is 19.1 Å². The third-order valence-electron chi connectivity index (χ3n) is 5.26. The molecule has 31 heavy (non-hydrogen) atoms. The number of carbonyl (C=O) groups excluding carboxylic acids is 1. The van der Waals surface area contributed by atoms with E-state index in [4.69, 9.17) is 9.47 Å². The van der Waals surface area contributed by atoms with E-state index in [-0.39, 0.29) is 24.3 Å². The van der Waals surface area contributed by atoms with E-state index in [0.29, 0.717) is 36.7 Å². The maximum atomic E-state index is 13.0. The maximum Gasteiger partial charge on any atom is 0.283 e. The predicted octanol–water partition coefficient (Wildman–Crippen LogP) is 1.68. The summed E-state index contributed by atoms with van der Waals surface area (Å²) in [6, 6.07) is 12.9. The lowest BCUT2D eigenvalue weighted by Gasteiger charge is -2.17. The van der Waals surface area contributed by atoms with Crippen molar-refractivity contribution < 1.29 is 22.7 Å². The third kappa shape index (κ3) is 3.70. The predicted molar refractivity (Wildman–Crippen MR) is 111 cm³/mol. The molecule has 5 rings (SSSR count). The minimum atomic E-state index is -3.78. The van der Waals surface area contributed by atoms with Crippen LogP contribution in [-0.2, 0) is 34.3 Å². The van der Waals surface area contributed by atoms with Crippen LogP contribution in [0.5, 0.6) is 11.5 Å². The van der Waals surface area contributed by atoms with Gasteiger partial charge >= 0.3 is 0 Å². The summed E-state index contributed by atoms with van der Waals surface area (Å²) in [5, 5.41) is 2.73. The Bertz CT molecular complexity index is 1250. The van der Waals surface area contributed by atoms with E-state index < -0.39 is 10.0 Å². The van der Waals surface area contributed by atoms with Crippen LogP contribution in [0.4, 0.5) is 5.69 Å². The molecule has 0 atom stereocenters. The highest BCUT2D eigenvalue weighted by molar-refractivity contribution is 7.92. The number of para-hydroxylation sites is 1. The monoisotopic (exact) mass is 440 g/mol. The van der Waals surface area contributed by atoms with Gasteiger partial charge in [-0.3, -0.25) is 9.10 Å². The number of nitrogens with zero attached hydrogens (tertiary/aromatic N) is 3. The average Bonchev–Trinajstić information content (AvgIpc) is 3.51. The highest BCUT2D eigenvalue weighted by Crippen LogP contribution is 2.33.